The number of hydrogen-bond donors (Lipinski definition) is 1. The molecule has 2 aromatic rings. The normalized spacial score (nSPS) is 10.7. The molecule has 0 aliphatic rings. The molecule has 4 nitrogen and oxygen atoms in total. The van der Waals surface area contributed by atoms with Gasteiger partial charge in [-0.3, -0.25) is 0 Å². The minimum atomic E-state index is -0.957. The van der Waals surface area contributed by atoms with E-state index in [1.807, 2.05) is 0 Å². The highest BCUT2D eigenvalue weighted by atomic mass is 16.5. The minimum absolute atomic E-state index is 0.223. The van der Waals surface area contributed by atoms with Crippen LogP contribution in [0, 0.1) is 0 Å². The molecular weight excluding hydrogens is 196 g/mol. The molecule has 0 unspecified atom stereocenters. The highest BCUT2D eigenvalue weighted by molar-refractivity contribution is 5.93. The summed E-state index contributed by atoms with van der Waals surface area (Å²) in [6.45, 7) is 0.458. The van der Waals surface area contributed by atoms with Crippen LogP contribution in [0.3, 0.4) is 0 Å². The number of benzene rings is 1. The van der Waals surface area contributed by atoms with E-state index in [1.165, 1.54) is 6.07 Å². The highest BCUT2D eigenvalue weighted by Crippen LogP contribution is 2.22. The number of carbonyl (C=O) groups is 1. The van der Waals surface area contributed by atoms with Gasteiger partial charge in [-0.1, -0.05) is 0 Å². The SMILES string of the molecule is COCc1coc2cc(C(=O)O)ccc12. The van der Waals surface area contributed by atoms with Crippen LogP contribution in [0.25, 0.3) is 11.0 Å². The van der Waals surface area contributed by atoms with E-state index in [4.69, 9.17) is 14.3 Å². The molecule has 0 radical (unpaired) electrons. The van der Waals surface area contributed by atoms with Crippen molar-refractivity contribution in [2.24, 2.45) is 0 Å². The molecule has 15 heavy (non-hydrogen) atoms. The Balaban J connectivity index is 2.51. The number of rotatable bonds is 3. The van der Waals surface area contributed by atoms with Crippen LogP contribution < -0.4 is 0 Å². The summed E-state index contributed by atoms with van der Waals surface area (Å²) in [7, 11) is 1.60. The summed E-state index contributed by atoms with van der Waals surface area (Å²) in [5.41, 5.74) is 1.72. The molecule has 2 rings (SSSR count). The Morgan fingerprint density at radius 2 is 2.33 bits per heavy atom. The van der Waals surface area contributed by atoms with E-state index in [0.717, 1.165) is 10.9 Å². The largest absolute Gasteiger partial charge is 0.478 e. The molecule has 0 atom stereocenters. The molecule has 1 aromatic carbocycles. The molecule has 1 aromatic heterocycles. The predicted molar refractivity (Wildman–Crippen MR) is 53.9 cm³/mol. The maximum absolute atomic E-state index is 10.7. The maximum Gasteiger partial charge on any atom is 0.335 e. The van der Waals surface area contributed by atoms with Crippen LogP contribution >= 0.6 is 0 Å². The Morgan fingerprint density at radius 3 is 3.00 bits per heavy atom. The van der Waals surface area contributed by atoms with Crippen LogP contribution in [0.15, 0.2) is 28.9 Å². The van der Waals surface area contributed by atoms with Crippen molar-refractivity contribution in [2.75, 3.05) is 7.11 Å². The summed E-state index contributed by atoms with van der Waals surface area (Å²) >= 11 is 0. The monoisotopic (exact) mass is 206 g/mol. The van der Waals surface area contributed by atoms with Crippen LogP contribution in [-0.2, 0) is 11.3 Å². The smallest absolute Gasteiger partial charge is 0.335 e. The summed E-state index contributed by atoms with van der Waals surface area (Å²) in [5, 5.41) is 9.68. The van der Waals surface area contributed by atoms with E-state index in [-0.39, 0.29) is 5.56 Å². The Hall–Kier alpha value is -1.81. The van der Waals surface area contributed by atoms with Gasteiger partial charge in [0.25, 0.3) is 0 Å². The predicted octanol–water partition coefficient (Wildman–Crippen LogP) is 2.28. The van der Waals surface area contributed by atoms with Gasteiger partial charge in [-0.05, 0) is 18.2 Å². The number of furan rings is 1. The zero-order valence-corrected chi connectivity index (χ0v) is 8.19. The first-order valence-corrected chi connectivity index (χ1v) is 4.44. The fourth-order valence-corrected chi connectivity index (χ4v) is 1.48. The lowest BCUT2D eigenvalue weighted by atomic mass is 10.1. The fraction of sp³-hybridized carbons (Fsp3) is 0.182. The molecule has 78 valence electrons. The van der Waals surface area contributed by atoms with Crippen molar-refractivity contribution in [2.45, 2.75) is 6.61 Å². The van der Waals surface area contributed by atoms with Crippen molar-refractivity contribution in [1.29, 1.82) is 0 Å². The number of ether oxygens (including phenoxy) is 1. The van der Waals surface area contributed by atoms with Gasteiger partial charge in [0.1, 0.15) is 5.58 Å². The summed E-state index contributed by atoms with van der Waals surface area (Å²) in [5.74, 6) is -0.957. The van der Waals surface area contributed by atoms with E-state index in [0.29, 0.717) is 12.2 Å². The molecule has 0 amide bonds. The Kier molecular flexibility index (Phi) is 2.43. The molecule has 1 N–H and O–H groups in total. The summed E-state index contributed by atoms with van der Waals surface area (Å²) in [4.78, 5) is 10.7. The molecule has 4 heteroatoms. The van der Waals surface area contributed by atoms with E-state index in [1.54, 1.807) is 25.5 Å². The van der Waals surface area contributed by atoms with Gasteiger partial charge in [-0.2, -0.15) is 0 Å². The van der Waals surface area contributed by atoms with Crippen molar-refractivity contribution < 1.29 is 19.1 Å². The van der Waals surface area contributed by atoms with Crippen LogP contribution in [0.2, 0.25) is 0 Å². The summed E-state index contributed by atoms with van der Waals surface area (Å²) in [6.07, 6.45) is 1.58. The molecular formula is C11H10O4. The Morgan fingerprint density at radius 1 is 1.53 bits per heavy atom. The molecule has 0 saturated heterocycles. The van der Waals surface area contributed by atoms with Gasteiger partial charge < -0.3 is 14.3 Å². The molecule has 0 fully saturated rings. The van der Waals surface area contributed by atoms with E-state index < -0.39 is 5.97 Å². The summed E-state index contributed by atoms with van der Waals surface area (Å²) in [6, 6.07) is 4.80. The zero-order chi connectivity index (χ0) is 10.8. The number of carboxylic acids is 1. The lowest BCUT2D eigenvalue weighted by molar-refractivity contribution is 0.0697. The van der Waals surface area contributed by atoms with Gasteiger partial charge in [0.2, 0.25) is 0 Å². The lowest BCUT2D eigenvalue weighted by Crippen LogP contribution is -1.94. The van der Waals surface area contributed by atoms with Gasteiger partial charge in [0.05, 0.1) is 18.4 Å². The highest BCUT2D eigenvalue weighted by Gasteiger charge is 2.09. The molecule has 0 aliphatic heterocycles. The van der Waals surface area contributed by atoms with Crippen molar-refractivity contribution in [3.63, 3.8) is 0 Å². The molecule has 0 bridgehead atoms. The van der Waals surface area contributed by atoms with E-state index in [2.05, 4.69) is 0 Å². The van der Waals surface area contributed by atoms with Gasteiger partial charge in [-0.25, -0.2) is 4.79 Å². The number of carboxylic acid groups (broad SMARTS) is 1. The average molecular weight is 206 g/mol. The molecule has 0 aliphatic carbocycles. The fourth-order valence-electron chi connectivity index (χ4n) is 1.48. The summed E-state index contributed by atoms with van der Waals surface area (Å²) < 4.78 is 10.2. The van der Waals surface area contributed by atoms with Crippen LogP contribution in [0.1, 0.15) is 15.9 Å². The number of aromatic carboxylic acids is 1. The van der Waals surface area contributed by atoms with E-state index >= 15 is 0 Å². The van der Waals surface area contributed by atoms with Crippen molar-refractivity contribution in [1.82, 2.24) is 0 Å². The quantitative estimate of drug-likeness (QED) is 0.836. The minimum Gasteiger partial charge on any atom is -0.478 e. The molecule has 0 spiro atoms. The van der Waals surface area contributed by atoms with Crippen LogP contribution in [-0.4, -0.2) is 18.2 Å². The average Bonchev–Trinajstić information content (AvgIpc) is 2.61. The second kappa shape index (κ2) is 3.74. The zero-order valence-electron chi connectivity index (χ0n) is 8.19. The van der Waals surface area contributed by atoms with Gasteiger partial charge in [-0.15, -0.1) is 0 Å². The van der Waals surface area contributed by atoms with Crippen LogP contribution in [0.4, 0.5) is 0 Å². The van der Waals surface area contributed by atoms with Gasteiger partial charge in [0, 0.05) is 18.1 Å². The standard InChI is InChI=1S/C11H10O4/c1-14-5-8-6-15-10-4-7(11(12)13)2-3-9(8)10/h2-4,6H,5H2,1H3,(H,12,13). The first-order chi connectivity index (χ1) is 7.22. The second-order valence-electron chi connectivity index (χ2n) is 3.21. The number of methoxy groups -OCH3 is 1. The second-order valence-corrected chi connectivity index (χ2v) is 3.21. The van der Waals surface area contributed by atoms with Gasteiger partial charge >= 0.3 is 5.97 Å². The van der Waals surface area contributed by atoms with Crippen molar-refractivity contribution in [3.8, 4) is 0 Å². The first kappa shape index (κ1) is 9.73. The topological polar surface area (TPSA) is 59.7 Å². The van der Waals surface area contributed by atoms with Crippen molar-refractivity contribution >= 4 is 16.9 Å². The van der Waals surface area contributed by atoms with Crippen molar-refractivity contribution in [3.05, 3.63) is 35.6 Å². The van der Waals surface area contributed by atoms with Gasteiger partial charge in [0.15, 0.2) is 0 Å². The first-order valence-electron chi connectivity index (χ1n) is 4.44. The number of hydrogen-bond acceptors (Lipinski definition) is 3. The van der Waals surface area contributed by atoms with E-state index in [9.17, 15) is 4.79 Å². The maximum atomic E-state index is 10.7. The third-order valence-corrected chi connectivity index (χ3v) is 2.20. The lowest BCUT2D eigenvalue weighted by Gasteiger charge is -1.96. The van der Waals surface area contributed by atoms with Crippen LogP contribution in [0.5, 0.6) is 0 Å². The molecule has 1 heterocycles. The third kappa shape index (κ3) is 1.71. The molecule has 0 saturated carbocycles. The Labute approximate surface area is 86.1 Å². The third-order valence-electron chi connectivity index (χ3n) is 2.20. The Bertz CT molecular complexity index is 498. The number of fused-ring (bicyclic) bond motifs is 1.